The maximum Gasteiger partial charge on any atom is 0.416 e. The molecule has 1 aliphatic carbocycles. The predicted octanol–water partition coefficient (Wildman–Crippen LogP) is 4.21. The number of amides is 2. The molecule has 1 saturated carbocycles. The van der Waals surface area contributed by atoms with Crippen LogP contribution in [0, 0.1) is 5.82 Å². The molecule has 0 spiro atoms. The quantitative estimate of drug-likeness (QED) is 0.628. The Morgan fingerprint density at radius 2 is 1.73 bits per heavy atom. The van der Waals surface area contributed by atoms with Gasteiger partial charge in [0.05, 0.1) is 16.8 Å². The van der Waals surface area contributed by atoms with E-state index in [0.29, 0.717) is 18.2 Å². The van der Waals surface area contributed by atoms with Crippen molar-refractivity contribution in [3.05, 3.63) is 53.0 Å². The maximum absolute atomic E-state index is 13.7. The largest absolute Gasteiger partial charge is 0.416 e. The molecule has 0 unspecified atom stereocenters. The van der Waals surface area contributed by atoms with Gasteiger partial charge in [-0.3, -0.25) is 9.59 Å². The zero-order chi connectivity index (χ0) is 21.9. The van der Waals surface area contributed by atoms with E-state index >= 15 is 0 Å². The molecule has 0 bridgehead atoms. The number of pyridine rings is 1. The molecule has 0 saturated heterocycles. The minimum Gasteiger partial charge on any atom is -0.366 e. The van der Waals surface area contributed by atoms with Gasteiger partial charge in [0, 0.05) is 24.8 Å². The molecule has 3 N–H and O–H groups in total. The fraction of sp³-hybridized carbons (Fsp3) is 0.350. The summed E-state index contributed by atoms with van der Waals surface area (Å²) in [6.07, 6.45) is 0.428. The molecule has 0 aliphatic heterocycles. The highest BCUT2D eigenvalue weighted by molar-refractivity contribution is 6.06. The van der Waals surface area contributed by atoms with Crippen molar-refractivity contribution in [2.24, 2.45) is 0 Å². The van der Waals surface area contributed by atoms with Crippen LogP contribution in [0.4, 0.5) is 29.1 Å². The average molecular weight is 424 g/mol. The standard InChI is InChI=1S/C20H20F4N4O2/c1-25-18(29)12-8-16(17(26-10-12)27-15-4-2-3-5-15)28-19(30)11-6-13(20(22,23)24)9-14(21)7-11/h6-10,15H,2-5H2,1H3,(H,25,29)(H,26,27)(H,28,30). The van der Waals surface area contributed by atoms with Gasteiger partial charge in [-0.25, -0.2) is 9.37 Å². The van der Waals surface area contributed by atoms with E-state index < -0.39 is 34.9 Å². The van der Waals surface area contributed by atoms with Gasteiger partial charge in [-0.15, -0.1) is 0 Å². The smallest absolute Gasteiger partial charge is 0.366 e. The highest BCUT2D eigenvalue weighted by atomic mass is 19.4. The van der Waals surface area contributed by atoms with Crippen molar-refractivity contribution in [3.8, 4) is 0 Å². The first-order valence-corrected chi connectivity index (χ1v) is 9.35. The second-order valence-corrected chi connectivity index (χ2v) is 7.01. The van der Waals surface area contributed by atoms with Crippen LogP contribution in [0.2, 0.25) is 0 Å². The topological polar surface area (TPSA) is 83.1 Å². The minimum atomic E-state index is -4.80. The third-order valence-corrected chi connectivity index (χ3v) is 4.81. The number of hydrogen-bond donors (Lipinski definition) is 3. The lowest BCUT2D eigenvalue weighted by Gasteiger charge is -2.17. The molecule has 0 atom stereocenters. The molecule has 10 heteroatoms. The number of carbonyl (C=O) groups is 2. The van der Waals surface area contributed by atoms with E-state index in [0.717, 1.165) is 25.7 Å². The number of carbonyl (C=O) groups excluding carboxylic acids is 2. The highest BCUT2D eigenvalue weighted by Gasteiger charge is 2.32. The summed E-state index contributed by atoms with van der Waals surface area (Å²) in [4.78, 5) is 28.7. The van der Waals surface area contributed by atoms with Crippen LogP contribution in [0.1, 0.15) is 52.0 Å². The van der Waals surface area contributed by atoms with Crippen molar-refractivity contribution in [2.45, 2.75) is 37.9 Å². The summed E-state index contributed by atoms with van der Waals surface area (Å²) < 4.78 is 52.5. The van der Waals surface area contributed by atoms with Crippen LogP contribution in [0.5, 0.6) is 0 Å². The van der Waals surface area contributed by atoms with E-state index in [1.54, 1.807) is 0 Å². The van der Waals surface area contributed by atoms with E-state index in [-0.39, 0.29) is 23.1 Å². The molecular formula is C20H20F4N4O2. The Morgan fingerprint density at radius 1 is 1.03 bits per heavy atom. The molecule has 3 rings (SSSR count). The van der Waals surface area contributed by atoms with Crippen molar-refractivity contribution in [1.29, 1.82) is 0 Å². The Balaban J connectivity index is 1.92. The number of halogens is 4. The Labute approximate surface area is 170 Å². The third kappa shape index (κ3) is 5.05. The van der Waals surface area contributed by atoms with E-state index in [4.69, 9.17) is 0 Å². The molecule has 1 aliphatic rings. The summed E-state index contributed by atoms with van der Waals surface area (Å²) in [5.74, 6) is -2.30. The van der Waals surface area contributed by atoms with Gasteiger partial charge < -0.3 is 16.0 Å². The van der Waals surface area contributed by atoms with E-state index in [1.807, 2.05) is 0 Å². The van der Waals surface area contributed by atoms with Crippen LogP contribution in [-0.2, 0) is 6.18 Å². The Morgan fingerprint density at radius 3 is 2.37 bits per heavy atom. The first-order chi connectivity index (χ1) is 14.2. The molecule has 30 heavy (non-hydrogen) atoms. The predicted molar refractivity (Wildman–Crippen MR) is 103 cm³/mol. The summed E-state index contributed by atoms with van der Waals surface area (Å²) in [5.41, 5.74) is -1.50. The monoisotopic (exact) mass is 424 g/mol. The van der Waals surface area contributed by atoms with Crippen LogP contribution < -0.4 is 16.0 Å². The van der Waals surface area contributed by atoms with E-state index in [2.05, 4.69) is 20.9 Å². The zero-order valence-corrected chi connectivity index (χ0v) is 16.1. The number of hydrogen-bond acceptors (Lipinski definition) is 4. The van der Waals surface area contributed by atoms with Gasteiger partial charge in [0.25, 0.3) is 11.8 Å². The van der Waals surface area contributed by atoms with E-state index in [9.17, 15) is 27.2 Å². The maximum atomic E-state index is 13.7. The molecule has 0 radical (unpaired) electrons. The molecule has 1 heterocycles. The van der Waals surface area contributed by atoms with Gasteiger partial charge in [-0.05, 0) is 37.1 Å². The number of anilines is 2. The summed E-state index contributed by atoms with van der Waals surface area (Å²) >= 11 is 0. The van der Waals surface area contributed by atoms with E-state index in [1.165, 1.54) is 19.3 Å². The Kier molecular flexibility index (Phi) is 6.23. The van der Waals surface area contributed by atoms with Crippen molar-refractivity contribution in [3.63, 3.8) is 0 Å². The Bertz CT molecular complexity index is 956. The van der Waals surface area contributed by atoms with Gasteiger partial charge in [-0.2, -0.15) is 13.2 Å². The summed E-state index contributed by atoms with van der Waals surface area (Å²) in [6, 6.07) is 3.09. The molecule has 1 aromatic heterocycles. The second-order valence-electron chi connectivity index (χ2n) is 7.01. The van der Waals surface area contributed by atoms with Crippen molar-refractivity contribution in [1.82, 2.24) is 10.3 Å². The molecular weight excluding hydrogens is 404 g/mol. The summed E-state index contributed by atoms with van der Waals surface area (Å²) in [7, 11) is 1.43. The number of nitrogens with zero attached hydrogens (tertiary/aromatic N) is 1. The van der Waals surface area contributed by atoms with Crippen LogP contribution in [0.25, 0.3) is 0 Å². The van der Waals surface area contributed by atoms with Crippen LogP contribution in [0.3, 0.4) is 0 Å². The second kappa shape index (κ2) is 8.68. The number of alkyl halides is 3. The van der Waals surface area contributed by atoms with Gasteiger partial charge in [0.2, 0.25) is 0 Å². The molecule has 160 valence electrons. The average Bonchev–Trinajstić information content (AvgIpc) is 3.20. The first-order valence-electron chi connectivity index (χ1n) is 9.35. The summed E-state index contributed by atoms with van der Waals surface area (Å²) in [5, 5.41) is 8.06. The molecule has 6 nitrogen and oxygen atoms in total. The van der Waals surface area contributed by atoms with Gasteiger partial charge >= 0.3 is 6.18 Å². The third-order valence-electron chi connectivity index (χ3n) is 4.81. The van der Waals surface area contributed by atoms with Crippen molar-refractivity contribution >= 4 is 23.3 Å². The lowest BCUT2D eigenvalue weighted by molar-refractivity contribution is -0.137. The molecule has 1 fully saturated rings. The van der Waals surface area contributed by atoms with Gasteiger partial charge in [0.15, 0.2) is 0 Å². The van der Waals surface area contributed by atoms with Crippen LogP contribution >= 0.6 is 0 Å². The lowest BCUT2D eigenvalue weighted by Crippen LogP contribution is -2.22. The number of nitrogens with one attached hydrogen (secondary N) is 3. The zero-order valence-electron chi connectivity index (χ0n) is 16.1. The fourth-order valence-electron chi connectivity index (χ4n) is 3.29. The number of benzene rings is 1. The fourth-order valence-corrected chi connectivity index (χ4v) is 3.29. The molecule has 2 aromatic rings. The van der Waals surface area contributed by atoms with Crippen LogP contribution in [-0.4, -0.2) is 29.9 Å². The molecule has 1 aromatic carbocycles. The Hall–Kier alpha value is -3.17. The minimum absolute atomic E-state index is 0.116. The number of aromatic nitrogens is 1. The van der Waals surface area contributed by atoms with Crippen molar-refractivity contribution < 1.29 is 27.2 Å². The number of rotatable bonds is 5. The lowest BCUT2D eigenvalue weighted by atomic mass is 10.1. The normalized spacial score (nSPS) is 14.4. The van der Waals surface area contributed by atoms with Gasteiger partial charge in [-0.1, -0.05) is 12.8 Å². The van der Waals surface area contributed by atoms with Crippen LogP contribution in [0.15, 0.2) is 30.5 Å². The highest BCUT2D eigenvalue weighted by Crippen LogP contribution is 2.31. The van der Waals surface area contributed by atoms with Crippen molar-refractivity contribution in [2.75, 3.05) is 17.7 Å². The molecule has 2 amide bonds. The van der Waals surface area contributed by atoms with Gasteiger partial charge in [0.1, 0.15) is 11.6 Å². The SMILES string of the molecule is CNC(=O)c1cnc(NC2CCCC2)c(NC(=O)c2cc(F)cc(C(F)(F)F)c2)c1. The first kappa shape index (κ1) is 21.5. The summed E-state index contributed by atoms with van der Waals surface area (Å²) in [6.45, 7) is 0.